The summed E-state index contributed by atoms with van der Waals surface area (Å²) in [6.07, 6.45) is 7.25. The van der Waals surface area contributed by atoms with Gasteiger partial charge in [0.05, 0.1) is 6.54 Å². The van der Waals surface area contributed by atoms with E-state index in [4.69, 9.17) is 10.7 Å². The topological polar surface area (TPSA) is 56.7 Å². The van der Waals surface area contributed by atoms with Crippen molar-refractivity contribution in [2.24, 2.45) is 29.4 Å². The van der Waals surface area contributed by atoms with Crippen LogP contribution >= 0.6 is 0 Å². The third-order valence-electron chi connectivity index (χ3n) is 5.67. The Balaban J connectivity index is 1.68. The molecule has 0 saturated heterocycles. The second-order valence-electron chi connectivity index (χ2n) is 6.99. The second-order valence-corrected chi connectivity index (χ2v) is 6.99. The van der Waals surface area contributed by atoms with Crippen LogP contribution in [0.25, 0.3) is 0 Å². The summed E-state index contributed by atoms with van der Waals surface area (Å²) in [5, 5.41) is 4.56. The summed E-state index contributed by atoms with van der Waals surface area (Å²) in [7, 11) is 0. The minimum atomic E-state index is 0.656. The van der Waals surface area contributed by atoms with Crippen LogP contribution in [0.3, 0.4) is 0 Å². The van der Waals surface area contributed by atoms with E-state index in [1.165, 1.54) is 37.9 Å². The average molecular weight is 260 g/mol. The quantitative estimate of drug-likeness (QED) is 0.905. The zero-order valence-electron chi connectivity index (χ0n) is 11.8. The fourth-order valence-corrected chi connectivity index (χ4v) is 5.35. The Labute approximate surface area is 114 Å². The molecular formula is C15H24N4. The van der Waals surface area contributed by atoms with Crippen LogP contribution in [0.5, 0.6) is 0 Å². The normalized spacial score (nSPS) is 40.0. The highest BCUT2D eigenvalue weighted by molar-refractivity contribution is 5.12. The summed E-state index contributed by atoms with van der Waals surface area (Å²) in [5.74, 6) is 6.61. The van der Waals surface area contributed by atoms with Crippen LogP contribution in [0, 0.1) is 30.6 Å². The van der Waals surface area contributed by atoms with Gasteiger partial charge in [0.2, 0.25) is 0 Å². The van der Waals surface area contributed by atoms with Crippen molar-refractivity contribution in [1.82, 2.24) is 14.8 Å². The lowest BCUT2D eigenvalue weighted by molar-refractivity contribution is -0.00707. The van der Waals surface area contributed by atoms with E-state index in [9.17, 15) is 0 Å². The summed E-state index contributed by atoms with van der Waals surface area (Å²) >= 11 is 0. The number of nitrogens with zero attached hydrogens (tertiary/aromatic N) is 3. The molecule has 104 valence electrons. The van der Waals surface area contributed by atoms with Gasteiger partial charge in [-0.2, -0.15) is 5.10 Å². The molecule has 4 bridgehead atoms. The molecule has 0 amide bonds. The Bertz CT molecular complexity index is 450. The summed E-state index contributed by atoms with van der Waals surface area (Å²) in [6.45, 7) is 3.48. The first kappa shape index (κ1) is 11.9. The van der Waals surface area contributed by atoms with Gasteiger partial charge < -0.3 is 5.73 Å². The zero-order chi connectivity index (χ0) is 13.0. The maximum atomic E-state index is 5.72. The number of hydrogen-bond acceptors (Lipinski definition) is 3. The summed E-state index contributed by atoms with van der Waals surface area (Å²) in [6, 6.07) is 0. The molecule has 5 rings (SSSR count). The van der Waals surface area contributed by atoms with Gasteiger partial charge in [-0.25, -0.2) is 9.67 Å². The van der Waals surface area contributed by atoms with Crippen molar-refractivity contribution in [3.8, 4) is 0 Å². The van der Waals surface area contributed by atoms with Crippen molar-refractivity contribution < 1.29 is 0 Å². The zero-order valence-corrected chi connectivity index (χ0v) is 11.8. The molecule has 0 radical (unpaired) electrons. The molecule has 4 saturated carbocycles. The van der Waals surface area contributed by atoms with Crippen LogP contribution in [0.1, 0.15) is 49.7 Å². The van der Waals surface area contributed by atoms with E-state index in [2.05, 4.69) is 9.78 Å². The van der Waals surface area contributed by atoms with Crippen LogP contribution in [0.15, 0.2) is 0 Å². The maximum absolute atomic E-state index is 5.72. The Hall–Kier alpha value is -0.900. The van der Waals surface area contributed by atoms with Crippen molar-refractivity contribution in [2.45, 2.75) is 51.5 Å². The lowest BCUT2D eigenvalue weighted by Gasteiger charge is -2.54. The molecule has 0 aromatic carbocycles. The van der Waals surface area contributed by atoms with Gasteiger partial charge in [-0.1, -0.05) is 0 Å². The predicted octanol–water partition coefficient (Wildman–Crippen LogP) is 2.08. The van der Waals surface area contributed by atoms with Gasteiger partial charge in [0.15, 0.2) is 0 Å². The van der Waals surface area contributed by atoms with Gasteiger partial charge >= 0.3 is 0 Å². The molecule has 4 nitrogen and oxygen atoms in total. The number of nitrogens with two attached hydrogens (primary N) is 1. The van der Waals surface area contributed by atoms with Crippen molar-refractivity contribution in [2.75, 3.05) is 6.54 Å². The van der Waals surface area contributed by atoms with E-state index >= 15 is 0 Å². The Morgan fingerprint density at radius 3 is 2.32 bits per heavy atom. The van der Waals surface area contributed by atoms with Crippen molar-refractivity contribution >= 4 is 0 Å². The van der Waals surface area contributed by atoms with E-state index in [-0.39, 0.29) is 0 Å². The first-order valence-electron chi connectivity index (χ1n) is 7.86. The van der Waals surface area contributed by atoms with Gasteiger partial charge in [0.1, 0.15) is 11.6 Å². The third kappa shape index (κ3) is 1.83. The van der Waals surface area contributed by atoms with Crippen molar-refractivity contribution in [3.05, 3.63) is 11.6 Å². The minimum Gasteiger partial charge on any atom is -0.329 e. The van der Waals surface area contributed by atoms with Crippen LogP contribution in [0.4, 0.5) is 0 Å². The van der Waals surface area contributed by atoms with Gasteiger partial charge in [0.25, 0.3) is 0 Å². The highest BCUT2D eigenvalue weighted by atomic mass is 15.3. The summed E-state index contributed by atoms with van der Waals surface area (Å²) in [4.78, 5) is 4.77. The third-order valence-corrected chi connectivity index (χ3v) is 5.67. The number of aryl methyl sites for hydroxylation is 1. The van der Waals surface area contributed by atoms with E-state index in [1.807, 2.05) is 6.92 Å². The molecule has 4 aliphatic carbocycles. The smallest absolute Gasteiger partial charge is 0.147 e. The SMILES string of the molecule is Cc1nc(C2C3CC4CC(C3)CC2C4)n(CCN)n1. The largest absolute Gasteiger partial charge is 0.329 e. The molecule has 1 heterocycles. The lowest BCUT2D eigenvalue weighted by Crippen LogP contribution is -2.44. The fraction of sp³-hybridized carbons (Fsp3) is 0.867. The summed E-state index contributed by atoms with van der Waals surface area (Å²) in [5.41, 5.74) is 5.72. The van der Waals surface area contributed by atoms with E-state index in [0.29, 0.717) is 12.5 Å². The molecular weight excluding hydrogens is 236 g/mol. The molecule has 1 aromatic heterocycles. The molecule has 4 fully saturated rings. The monoisotopic (exact) mass is 260 g/mol. The second kappa shape index (κ2) is 4.30. The maximum Gasteiger partial charge on any atom is 0.147 e. The Morgan fingerprint density at radius 1 is 1.11 bits per heavy atom. The van der Waals surface area contributed by atoms with Crippen LogP contribution < -0.4 is 5.73 Å². The highest BCUT2D eigenvalue weighted by Gasteiger charge is 2.50. The number of aromatic nitrogens is 3. The van der Waals surface area contributed by atoms with Crippen LogP contribution in [0.2, 0.25) is 0 Å². The van der Waals surface area contributed by atoms with Crippen LogP contribution in [-0.4, -0.2) is 21.3 Å². The van der Waals surface area contributed by atoms with Gasteiger partial charge in [-0.05, 0) is 62.7 Å². The van der Waals surface area contributed by atoms with Gasteiger partial charge in [0, 0.05) is 12.5 Å². The predicted molar refractivity (Wildman–Crippen MR) is 73.6 cm³/mol. The van der Waals surface area contributed by atoms with E-state index in [0.717, 1.165) is 36.0 Å². The first-order valence-corrected chi connectivity index (χ1v) is 7.86. The minimum absolute atomic E-state index is 0.656. The van der Waals surface area contributed by atoms with E-state index < -0.39 is 0 Å². The molecule has 0 spiro atoms. The highest BCUT2D eigenvalue weighted by Crippen LogP contribution is 2.59. The lowest BCUT2D eigenvalue weighted by atomic mass is 9.51. The average Bonchev–Trinajstić information content (AvgIpc) is 2.69. The molecule has 4 aliphatic rings. The molecule has 0 atom stereocenters. The molecule has 1 aromatic rings. The summed E-state index contributed by atoms with van der Waals surface area (Å²) < 4.78 is 2.10. The molecule has 0 unspecified atom stereocenters. The van der Waals surface area contributed by atoms with Crippen LogP contribution in [-0.2, 0) is 6.54 Å². The van der Waals surface area contributed by atoms with E-state index in [1.54, 1.807) is 0 Å². The standard InChI is InChI=1S/C15H24N4/c1-9-17-15(19(18-9)3-2-16)14-12-5-10-4-11(7-12)8-13(14)6-10/h10-14H,2-8,16H2,1H3. The van der Waals surface area contributed by atoms with Crippen molar-refractivity contribution in [1.29, 1.82) is 0 Å². The van der Waals surface area contributed by atoms with Crippen molar-refractivity contribution in [3.63, 3.8) is 0 Å². The number of rotatable bonds is 3. The molecule has 0 aliphatic heterocycles. The number of hydrogen-bond donors (Lipinski definition) is 1. The fourth-order valence-electron chi connectivity index (χ4n) is 5.35. The van der Waals surface area contributed by atoms with Gasteiger partial charge in [-0.15, -0.1) is 0 Å². The molecule has 19 heavy (non-hydrogen) atoms. The Morgan fingerprint density at radius 2 is 1.74 bits per heavy atom. The molecule has 2 N–H and O–H groups in total. The Kier molecular flexibility index (Phi) is 2.69. The molecule has 4 heteroatoms. The van der Waals surface area contributed by atoms with Gasteiger partial charge in [-0.3, -0.25) is 0 Å². The first-order chi connectivity index (χ1) is 9.24.